The summed E-state index contributed by atoms with van der Waals surface area (Å²) >= 11 is 0. The average Bonchev–Trinajstić information content (AvgIpc) is 2.28. The van der Waals surface area contributed by atoms with Crippen LogP contribution in [-0.4, -0.2) is 35.7 Å². The first-order chi connectivity index (χ1) is 9.19. The van der Waals surface area contributed by atoms with Crippen molar-refractivity contribution < 1.29 is 14.3 Å². The monoisotopic (exact) mass is 285 g/mol. The number of amides is 2. The van der Waals surface area contributed by atoms with Crippen molar-refractivity contribution in [3.63, 3.8) is 0 Å². The van der Waals surface area contributed by atoms with E-state index in [4.69, 9.17) is 10.5 Å². The van der Waals surface area contributed by atoms with E-state index in [1.807, 2.05) is 20.8 Å². The Hall–Kier alpha value is -1.30. The molecule has 3 atom stereocenters. The van der Waals surface area contributed by atoms with Crippen molar-refractivity contribution in [1.82, 2.24) is 10.6 Å². The van der Waals surface area contributed by atoms with E-state index in [0.29, 0.717) is 0 Å². The Morgan fingerprint density at radius 2 is 1.65 bits per heavy atom. The maximum atomic E-state index is 11.8. The lowest BCUT2D eigenvalue weighted by molar-refractivity contribution is -0.123. The first-order valence-corrected chi connectivity index (χ1v) is 7.24. The number of nitrogens with two attached hydrogens (primary N) is 1. The second-order valence-electron chi connectivity index (χ2n) is 6.44. The Bertz CT molecular complexity index is 350. The minimum atomic E-state index is -0.542. The zero-order valence-electron chi connectivity index (χ0n) is 12.9. The highest BCUT2D eigenvalue weighted by molar-refractivity contribution is 5.81. The Kier molecular flexibility index (Phi) is 5.80. The van der Waals surface area contributed by atoms with Crippen molar-refractivity contribution in [3.8, 4) is 0 Å². The molecule has 0 aliphatic heterocycles. The highest BCUT2D eigenvalue weighted by Crippen LogP contribution is 2.19. The number of nitrogens with one attached hydrogen (secondary N) is 2. The fourth-order valence-electron chi connectivity index (χ4n) is 2.25. The summed E-state index contributed by atoms with van der Waals surface area (Å²) in [4.78, 5) is 23.5. The van der Waals surface area contributed by atoms with E-state index < -0.39 is 17.7 Å². The predicted octanol–water partition coefficient (Wildman–Crippen LogP) is 1.29. The largest absolute Gasteiger partial charge is 0.444 e. The van der Waals surface area contributed by atoms with Crippen LogP contribution in [0.1, 0.15) is 53.4 Å². The normalized spacial score (nSPS) is 24.6. The van der Waals surface area contributed by atoms with Crippen LogP contribution in [0.4, 0.5) is 4.79 Å². The van der Waals surface area contributed by atoms with Gasteiger partial charge in [0.2, 0.25) is 5.91 Å². The van der Waals surface area contributed by atoms with Crippen molar-refractivity contribution in [3.05, 3.63) is 0 Å². The molecule has 0 bridgehead atoms. The molecule has 0 unspecified atom stereocenters. The maximum Gasteiger partial charge on any atom is 0.407 e. The first kappa shape index (κ1) is 16.8. The molecule has 4 N–H and O–H groups in total. The predicted molar refractivity (Wildman–Crippen MR) is 77.2 cm³/mol. The molecule has 1 saturated carbocycles. The molecule has 0 aromatic heterocycles. The van der Waals surface area contributed by atoms with Crippen molar-refractivity contribution in [2.45, 2.75) is 77.1 Å². The number of hydrogen-bond acceptors (Lipinski definition) is 4. The van der Waals surface area contributed by atoms with Gasteiger partial charge in [0.15, 0.2) is 0 Å². The van der Waals surface area contributed by atoms with Gasteiger partial charge in [0.1, 0.15) is 5.60 Å². The van der Waals surface area contributed by atoms with Gasteiger partial charge in [-0.1, -0.05) is 12.8 Å². The minimum Gasteiger partial charge on any atom is -0.444 e. The molecule has 6 heteroatoms. The molecule has 0 spiro atoms. The molecule has 0 aromatic rings. The average molecular weight is 285 g/mol. The summed E-state index contributed by atoms with van der Waals surface area (Å²) in [6.07, 6.45) is 3.31. The van der Waals surface area contributed by atoms with Crippen LogP contribution >= 0.6 is 0 Å². The van der Waals surface area contributed by atoms with Gasteiger partial charge < -0.3 is 21.1 Å². The zero-order chi connectivity index (χ0) is 15.3. The van der Waals surface area contributed by atoms with Crippen LogP contribution in [0, 0.1) is 0 Å². The van der Waals surface area contributed by atoms with E-state index in [-0.39, 0.29) is 18.0 Å². The number of carbonyl (C=O) groups is 2. The van der Waals surface area contributed by atoms with Gasteiger partial charge in [0.05, 0.1) is 12.1 Å². The van der Waals surface area contributed by atoms with E-state index in [2.05, 4.69) is 10.6 Å². The lowest BCUT2D eigenvalue weighted by Gasteiger charge is -2.33. The van der Waals surface area contributed by atoms with Gasteiger partial charge in [0, 0.05) is 6.04 Å². The highest BCUT2D eigenvalue weighted by Gasteiger charge is 2.29. The fraction of sp³-hybridized carbons (Fsp3) is 0.857. The second kappa shape index (κ2) is 6.92. The second-order valence-corrected chi connectivity index (χ2v) is 6.44. The van der Waals surface area contributed by atoms with Crippen LogP contribution in [-0.2, 0) is 9.53 Å². The molecule has 1 aliphatic carbocycles. The fourth-order valence-corrected chi connectivity index (χ4v) is 2.25. The van der Waals surface area contributed by atoms with Gasteiger partial charge in [-0.2, -0.15) is 0 Å². The van der Waals surface area contributed by atoms with Gasteiger partial charge in [-0.15, -0.1) is 0 Å². The Morgan fingerprint density at radius 3 is 2.10 bits per heavy atom. The Labute approximate surface area is 120 Å². The van der Waals surface area contributed by atoms with Crippen LogP contribution in [0.15, 0.2) is 0 Å². The van der Waals surface area contributed by atoms with E-state index in [0.717, 1.165) is 25.7 Å². The van der Waals surface area contributed by atoms with Gasteiger partial charge in [-0.05, 0) is 40.5 Å². The van der Waals surface area contributed by atoms with E-state index in [1.165, 1.54) is 0 Å². The van der Waals surface area contributed by atoms with Gasteiger partial charge >= 0.3 is 6.09 Å². The molecule has 20 heavy (non-hydrogen) atoms. The summed E-state index contributed by atoms with van der Waals surface area (Å²) in [5.41, 5.74) is 5.03. The highest BCUT2D eigenvalue weighted by atomic mass is 16.6. The molecule has 1 aliphatic rings. The summed E-state index contributed by atoms with van der Waals surface area (Å²) in [5.74, 6) is -0.187. The third kappa shape index (κ3) is 5.77. The van der Waals surface area contributed by atoms with E-state index >= 15 is 0 Å². The topological polar surface area (TPSA) is 93.5 Å². The number of carbonyl (C=O) groups excluding carboxylic acids is 2. The SMILES string of the molecule is C[C@H](N)C(=O)N[C@H]1CCCC[C@H]1NC(=O)OC(C)(C)C. The van der Waals surface area contributed by atoms with Crippen molar-refractivity contribution in [1.29, 1.82) is 0 Å². The third-order valence-electron chi connectivity index (χ3n) is 3.21. The van der Waals surface area contributed by atoms with Gasteiger partial charge in [0.25, 0.3) is 0 Å². The van der Waals surface area contributed by atoms with E-state index in [1.54, 1.807) is 6.92 Å². The standard InChI is InChI=1S/C14H27N3O3/c1-9(15)12(18)16-10-7-5-6-8-11(10)17-13(19)20-14(2,3)4/h9-11H,5-8,15H2,1-4H3,(H,16,18)(H,17,19)/t9-,10-,11+/m0/s1. The number of ether oxygens (including phenoxy) is 1. The molecule has 116 valence electrons. The van der Waals surface area contributed by atoms with Crippen molar-refractivity contribution in [2.75, 3.05) is 0 Å². The first-order valence-electron chi connectivity index (χ1n) is 7.24. The molecule has 2 amide bonds. The zero-order valence-corrected chi connectivity index (χ0v) is 12.9. The number of hydrogen-bond donors (Lipinski definition) is 3. The van der Waals surface area contributed by atoms with Crippen molar-refractivity contribution in [2.24, 2.45) is 5.73 Å². The molecule has 0 radical (unpaired) electrons. The molecule has 1 fully saturated rings. The van der Waals surface area contributed by atoms with Crippen LogP contribution in [0.25, 0.3) is 0 Å². The minimum absolute atomic E-state index is 0.0743. The summed E-state index contributed by atoms with van der Waals surface area (Å²) < 4.78 is 5.25. The third-order valence-corrected chi connectivity index (χ3v) is 3.21. The Balaban J connectivity index is 2.56. The van der Waals surface area contributed by atoms with Crippen LogP contribution < -0.4 is 16.4 Å². The summed E-state index contributed by atoms with van der Waals surface area (Å²) in [6.45, 7) is 7.11. The summed E-state index contributed by atoms with van der Waals surface area (Å²) in [7, 11) is 0. The van der Waals surface area contributed by atoms with Crippen LogP contribution in [0.3, 0.4) is 0 Å². The Morgan fingerprint density at radius 1 is 1.15 bits per heavy atom. The number of rotatable bonds is 3. The lowest BCUT2D eigenvalue weighted by Crippen LogP contribution is -2.56. The van der Waals surface area contributed by atoms with Gasteiger partial charge in [-0.3, -0.25) is 4.79 Å². The van der Waals surface area contributed by atoms with E-state index in [9.17, 15) is 9.59 Å². The summed E-state index contributed by atoms with van der Waals surface area (Å²) in [5, 5.41) is 5.76. The van der Waals surface area contributed by atoms with Gasteiger partial charge in [-0.25, -0.2) is 4.79 Å². The lowest BCUT2D eigenvalue weighted by atomic mass is 9.90. The molecule has 0 saturated heterocycles. The van der Waals surface area contributed by atoms with Crippen LogP contribution in [0.5, 0.6) is 0 Å². The number of alkyl carbamates (subject to hydrolysis) is 1. The molecule has 0 aromatic carbocycles. The quantitative estimate of drug-likeness (QED) is 0.728. The molecular formula is C14H27N3O3. The van der Waals surface area contributed by atoms with Crippen molar-refractivity contribution >= 4 is 12.0 Å². The molecule has 0 heterocycles. The molecule has 6 nitrogen and oxygen atoms in total. The maximum absolute atomic E-state index is 11.8. The smallest absolute Gasteiger partial charge is 0.407 e. The summed E-state index contributed by atoms with van der Waals surface area (Å²) in [6, 6.07) is -0.713. The molecular weight excluding hydrogens is 258 g/mol. The molecule has 1 rings (SSSR count). The van der Waals surface area contributed by atoms with Crippen LogP contribution in [0.2, 0.25) is 0 Å².